The van der Waals surface area contributed by atoms with Gasteiger partial charge in [0.05, 0.1) is 15.6 Å². The minimum atomic E-state index is -0.480. The molecule has 0 unspecified atom stereocenters. The molecule has 0 atom stereocenters. The van der Waals surface area contributed by atoms with Crippen molar-refractivity contribution in [2.24, 2.45) is 0 Å². The van der Waals surface area contributed by atoms with Gasteiger partial charge in [0, 0.05) is 28.3 Å². The summed E-state index contributed by atoms with van der Waals surface area (Å²) in [5, 5.41) is 26.5. The molecule has 3 aromatic carbocycles. The molecule has 0 aliphatic heterocycles. The van der Waals surface area contributed by atoms with Crippen LogP contribution in [-0.2, 0) is 0 Å². The van der Waals surface area contributed by atoms with Gasteiger partial charge in [-0.2, -0.15) is 10.4 Å². The topological polar surface area (TPSA) is 84.8 Å². The predicted molar refractivity (Wildman–Crippen MR) is 116 cm³/mol. The quantitative estimate of drug-likeness (QED) is 0.278. The van der Waals surface area contributed by atoms with Gasteiger partial charge in [-0.15, -0.1) is 0 Å². The Morgan fingerprint density at radius 3 is 2.30 bits per heavy atom. The number of non-ortho nitro benzene ring substituents is 1. The van der Waals surface area contributed by atoms with Crippen LogP contribution in [0.1, 0.15) is 5.69 Å². The van der Waals surface area contributed by atoms with Crippen LogP contribution in [0.2, 0.25) is 10.0 Å². The van der Waals surface area contributed by atoms with E-state index in [2.05, 4.69) is 11.2 Å². The van der Waals surface area contributed by atoms with Gasteiger partial charge >= 0.3 is 0 Å². The summed E-state index contributed by atoms with van der Waals surface area (Å²) in [5.74, 6) is 0. The largest absolute Gasteiger partial charge is 0.269 e. The number of nitrogens with zero attached hydrogens (tertiary/aromatic N) is 4. The Kier molecular flexibility index (Phi) is 5.23. The maximum atomic E-state index is 11.0. The minimum absolute atomic E-state index is 0.0475. The third kappa shape index (κ3) is 3.52. The fourth-order valence-electron chi connectivity index (χ4n) is 3.17. The molecule has 0 N–H and O–H groups in total. The highest BCUT2D eigenvalue weighted by Crippen LogP contribution is 2.39. The van der Waals surface area contributed by atoms with Crippen LogP contribution in [0, 0.1) is 21.4 Å². The summed E-state index contributed by atoms with van der Waals surface area (Å²) in [5.41, 5.74) is 3.30. The molecular weight excluding hydrogens is 423 g/mol. The number of nitro benzene ring substituents is 1. The normalized spacial score (nSPS) is 10.6. The van der Waals surface area contributed by atoms with Crippen LogP contribution in [0.5, 0.6) is 0 Å². The van der Waals surface area contributed by atoms with E-state index >= 15 is 0 Å². The third-order valence-corrected chi connectivity index (χ3v) is 5.09. The van der Waals surface area contributed by atoms with Crippen molar-refractivity contribution in [2.45, 2.75) is 0 Å². The van der Waals surface area contributed by atoms with Crippen LogP contribution < -0.4 is 0 Å². The van der Waals surface area contributed by atoms with Crippen LogP contribution in [-0.4, -0.2) is 14.7 Å². The molecule has 0 saturated heterocycles. The lowest BCUT2D eigenvalue weighted by atomic mass is 9.99. The molecular formula is C22H12Cl2N4O2. The maximum absolute atomic E-state index is 11.0. The van der Waals surface area contributed by atoms with Crippen LogP contribution in [0.15, 0.2) is 72.8 Å². The van der Waals surface area contributed by atoms with Crippen molar-refractivity contribution in [3.8, 4) is 34.1 Å². The molecule has 4 rings (SSSR count). The lowest BCUT2D eigenvalue weighted by Gasteiger charge is -2.06. The summed E-state index contributed by atoms with van der Waals surface area (Å²) in [6.45, 7) is 0. The van der Waals surface area contributed by atoms with Crippen LogP contribution in [0.3, 0.4) is 0 Å². The van der Waals surface area contributed by atoms with Gasteiger partial charge in [-0.3, -0.25) is 10.1 Å². The van der Waals surface area contributed by atoms with Crippen molar-refractivity contribution < 1.29 is 4.92 Å². The van der Waals surface area contributed by atoms with Crippen molar-refractivity contribution in [1.82, 2.24) is 9.78 Å². The summed E-state index contributed by atoms with van der Waals surface area (Å²) >= 11 is 12.5. The van der Waals surface area contributed by atoms with E-state index in [4.69, 9.17) is 23.2 Å². The first kappa shape index (κ1) is 19.6. The molecule has 8 heteroatoms. The number of hydrogen-bond acceptors (Lipinski definition) is 4. The maximum Gasteiger partial charge on any atom is 0.269 e. The molecule has 1 aromatic heterocycles. The van der Waals surface area contributed by atoms with E-state index in [1.165, 1.54) is 16.8 Å². The van der Waals surface area contributed by atoms with E-state index in [-0.39, 0.29) is 11.4 Å². The lowest BCUT2D eigenvalue weighted by Crippen LogP contribution is -2.00. The smallest absolute Gasteiger partial charge is 0.258 e. The zero-order valence-electron chi connectivity index (χ0n) is 15.3. The van der Waals surface area contributed by atoms with Gasteiger partial charge < -0.3 is 0 Å². The Hall–Kier alpha value is -3.66. The fraction of sp³-hybridized carbons (Fsp3) is 0. The monoisotopic (exact) mass is 434 g/mol. The summed E-state index contributed by atoms with van der Waals surface area (Å²) in [7, 11) is 0. The number of aromatic nitrogens is 2. The van der Waals surface area contributed by atoms with Crippen LogP contribution in [0.4, 0.5) is 5.69 Å². The molecule has 0 aliphatic rings. The zero-order valence-corrected chi connectivity index (χ0v) is 16.8. The van der Waals surface area contributed by atoms with Crippen molar-refractivity contribution >= 4 is 28.9 Å². The predicted octanol–water partition coefficient (Wildman–Crippen LogP) is 6.29. The van der Waals surface area contributed by atoms with Gasteiger partial charge in [-0.1, -0.05) is 53.5 Å². The van der Waals surface area contributed by atoms with Crippen molar-refractivity contribution in [2.75, 3.05) is 0 Å². The third-order valence-electron chi connectivity index (χ3n) is 4.55. The van der Waals surface area contributed by atoms with Gasteiger partial charge in [-0.25, -0.2) is 4.68 Å². The van der Waals surface area contributed by atoms with Gasteiger partial charge in [0.25, 0.3) is 5.69 Å². The van der Waals surface area contributed by atoms with E-state index in [0.717, 1.165) is 5.56 Å². The molecule has 0 saturated carbocycles. The molecule has 6 nitrogen and oxygen atoms in total. The average Bonchev–Trinajstić information content (AvgIpc) is 3.13. The van der Waals surface area contributed by atoms with E-state index in [0.29, 0.717) is 32.6 Å². The van der Waals surface area contributed by atoms with Crippen LogP contribution >= 0.6 is 23.2 Å². The number of nitriles is 1. The van der Waals surface area contributed by atoms with Gasteiger partial charge in [-0.05, 0) is 35.9 Å². The molecule has 0 radical (unpaired) electrons. The first-order valence-corrected chi connectivity index (χ1v) is 9.54. The number of halogens is 2. The number of benzene rings is 3. The molecule has 0 aliphatic carbocycles. The molecule has 0 bridgehead atoms. The first-order valence-electron chi connectivity index (χ1n) is 8.78. The van der Waals surface area contributed by atoms with E-state index in [9.17, 15) is 15.4 Å². The molecule has 146 valence electrons. The Labute approximate surface area is 181 Å². The first-order chi connectivity index (χ1) is 14.5. The second kappa shape index (κ2) is 7.99. The summed E-state index contributed by atoms with van der Waals surface area (Å²) in [6, 6.07) is 22.5. The molecule has 0 fully saturated rings. The van der Waals surface area contributed by atoms with Gasteiger partial charge in [0.15, 0.2) is 5.69 Å². The van der Waals surface area contributed by atoms with Crippen molar-refractivity contribution in [1.29, 1.82) is 5.26 Å². The Morgan fingerprint density at radius 2 is 1.70 bits per heavy atom. The lowest BCUT2D eigenvalue weighted by molar-refractivity contribution is -0.384. The van der Waals surface area contributed by atoms with Gasteiger partial charge in [0.1, 0.15) is 11.8 Å². The summed E-state index contributed by atoms with van der Waals surface area (Å²) < 4.78 is 1.46. The highest BCUT2D eigenvalue weighted by atomic mass is 35.5. The van der Waals surface area contributed by atoms with E-state index in [1.54, 1.807) is 30.3 Å². The Balaban J connectivity index is 2.00. The number of rotatable bonds is 4. The van der Waals surface area contributed by atoms with Gasteiger partial charge in [0.2, 0.25) is 0 Å². The highest BCUT2D eigenvalue weighted by Gasteiger charge is 2.23. The number of nitro groups is 1. The SMILES string of the molecule is N#Cc1c(-c2ccccc2)c(-c2ccc(Cl)cc2Cl)nn1-c1ccc([N+](=O)[O-])cc1. The second-order valence-corrected chi connectivity index (χ2v) is 7.20. The van der Waals surface area contributed by atoms with Crippen molar-refractivity contribution in [3.05, 3.63) is 98.6 Å². The molecule has 0 amide bonds. The molecule has 0 spiro atoms. The van der Waals surface area contributed by atoms with E-state index in [1.807, 2.05) is 30.3 Å². The Morgan fingerprint density at radius 1 is 1.00 bits per heavy atom. The average molecular weight is 435 g/mol. The standard InChI is InChI=1S/C22H12Cl2N4O2/c23-15-6-11-18(19(24)12-15)22-21(14-4-2-1-3-5-14)20(13-25)27(26-22)16-7-9-17(10-8-16)28(29)30/h1-12H. The van der Waals surface area contributed by atoms with Crippen LogP contribution in [0.25, 0.3) is 28.1 Å². The summed E-state index contributed by atoms with van der Waals surface area (Å²) in [6.07, 6.45) is 0. The second-order valence-electron chi connectivity index (χ2n) is 6.36. The number of hydrogen-bond donors (Lipinski definition) is 0. The molecule has 30 heavy (non-hydrogen) atoms. The molecule has 4 aromatic rings. The highest BCUT2D eigenvalue weighted by molar-refractivity contribution is 6.36. The van der Waals surface area contributed by atoms with Crippen molar-refractivity contribution in [3.63, 3.8) is 0 Å². The molecule has 1 heterocycles. The fourth-order valence-corrected chi connectivity index (χ4v) is 3.67. The van der Waals surface area contributed by atoms with E-state index < -0.39 is 4.92 Å². The Bertz CT molecular complexity index is 1290. The zero-order chi connectivity index (χ0) is 21.3. The minimum Gasteiger partial charge on any atom is -0.258 e. The summed E-state index contributed by atoms with van der Waals surface area (Å²) in [4.78, 5) is 10.5.